The molecule has 36 heavy (non-hydrogen) atoms. The van der Waals surface area contributed by atoms with Gasteiger partial charge in [0.25, 0.3) is 0 Å². The molecule has 0 fully saturated rings. The quantitative estimate of drug-likeness (QED) is 0.487. The minimum absolute atomic E-state index is 0.0761. The van der Waals surface area contributed by atoms with E-state index in [1.807, 2.05) is 0 Å². The molecule has 2 aromatic rings. The summed E-state index contributed by atoms with van der Waals surface area (Å²) >= 11 is 0. The number of carbonyl (C=O) groups is 2. The van der Waals surface area contributed by atoms with E-state index in [2.05, 4.69) is 10.6 Å². The number of β-amino-alcohol motifs (C(OH)–C–C–N with tert-alkyl or cyclic N) is 1. The number of aliphatic hydroxyl groups is 1. The summed E-state index contributed by atoms with van der Waals surface area (Å²) in [7, 11) is 0. The number of anilines is 2. The van der Waals surface area contributed by atoms with Crippen molar-refractivity contribution in [1.82, 2.24) is 4.90 Å². The third-order valence-corrected chi connectivity index (χ3v) is 5.81. The van der Waals surface area contributed by atoms with E-state index in [9.17, 15) is 27.9 Å². The molecule has 4 rings (SSSR count). The molecule has 0 unspecified atom stereocenters. The Kier molecular flexibility index (Phi) is 6.28. The third-order valence-electron chi connectivity index (χ3n) is 5.81. The number of urea groups is 1. The number of fused-ring (bicyclic) bond motifs is 2. The second-order valence-electron chi connectivity index (χ2n) is 10.4. The number of hydrogen-bond acceptors (Lipinski definition) is 4. The average Bonchev–Trinajstić information content (AvgIpc) is 2.71. The Labute approximate surface area is 206 Å². The Morgan fingerprint density at radius 3 is 2.61 bits per heavy atom. The fraction of sp³-hybridized carbons (Fsp3) is 0.385. The van der Waals surface area contributed by atoms with Gasteiger partial charge in [-0.2, -0.15) is 13.2 Å². The molecule has 2 aromatic carbocycles. The summed E-state index contributed by atoms with van der Waals surface area (Å²) in [6.45, 7) is 7.21. The van der Waals surface area contributed by atoms with Gasteiger partial charge in [-0.15, -0.1) is 0 Å². The summed E-state index contributed by atoms with van der Waals surface area (Å²) in [4.78, 5) is 26.8. The van der Waals surface area contributed by atoms with Crippen molar-refractivity contribution in [2.75, 3.05) is 17.2 Å². The second kappa shape index (κ2) is 8.85. The lowest BCUT2D eigenvalue weighted by Gasteiger charge is -2.34. The zero-order chi connectivity index (χ0) is 26.5. The van der Waals surface area contributed by atoms with E-state index in [1.165, 1.54) is 17.0 Å². The first-order valence-corrected chi connectivity index (χ1v) is 11.4. The fourth-order valence-electron chi connectivity index (χ4n) is 4.38. The maximum Gasteiger partial charge on any atom is 0.416 e. The van der Waals surface area contributed by atoms with E-state index >= 15 is 0 Å². The number of amides is 3. The topological polar surface area (TPSA) is 90.9 Å². The molecule has 0 aromatic heterocycles. The van der Waals surface area contributed by atoms with E-state index in [-0.39, 0.29) is 18.3 Å². The van der Waals surface area contributed by atoms with Crippen LogP contribution in [0, 0.1) is 0 Å². The maximum absolute atomic E-state index is 13.2. The monoisotopic (exact) mass is 503 g/mol. The van der Waals surface area contributed by atoms with Crippen molar-refractivity contribution < 1.29 is 32.6 Å². The Balaban J connectivity index is 1.54. The van der Waals surface area contributed by atoms with Gasteiger partial charge in [0.05, 0.1) is 17.7 Å². The Morgan fingerprint density at radius 1 is 1.22 bits per heavy atom. The molecule has 0 aliphatic carbocycles. The summed E-state index contributed by atoms with van der Waals surface area (Å²) in [5.41, 5.74) is 0.162. The predicted molar refractivity (Wildman–Crippen MR) is 130 cm³/mol. The highest BCUT2D eigenvalue weighted by atomic mass is 19.4. The largest absolute Gasteiger partial charge is 0.487 e. The Morgan fingerprint density at radius 2 is 1.94 bits per heavy atom. The SMILES string of the molecule is CC(C)(O)CN1Cc2ccc(NC(=O)C=C3CC(C)(C)Oc4cc(C(F)(F)F)ccc43)cc2NC1=O. The van der Waals surface area contributed by atoms with Crippen LogP contribution in [0.1, 0.15) is 50.8 Å². The molecule has 2 heterocycles. The van der Waals surface area contributed by atoms with E-state index in [1.54, 1.807) is 45.9 Å². The van der Waals surface area contributed by atoms with Crippen LogP contribution >= 0.6 is 0 Å². The van der Waals surface area contributed by atoms with Gasteiger partial charge in [-0.3, -0.25) is 4.79 Å². The molecule has 3 N–H and O–H groups in total. The number of hydrogen-bond donors (Lipinski definition) is 3. The molecule has 10 heteroatoms. The zero-order valence-corrected chi connectivity index (χ0v) is 20.4. The first-order valence-electron chi connectivity index (χ1n) is 11.4. The zero-order valence-electron chi connectivity index (χ0n) is 20.4. The van der Waals surface area contributed by atoms with Crippen molar-refractivity contribution in [3.63, 3.8) is 0 Å². The lowest BCUT2D eigenvalue weighted by atomic mass is 9.88. The summed E-state index contributed by atoms with van der Waals surface area (Å²) in [6, 6.07) is 8.01. The standard InChI is InChI=1S/C26H28F3N3O4/c1-24(2,35)14-32-13-15-5-7-18(11-20(15)31-23(32)34)30-22(33)9-16-12-25(3,4)36-21-10-17(26(27,28)29)6-8-19(16)21/h5-11,35H,12-14H2,1-4H3,(H,30,33)(H,31,34). The minimum atomic E-state index is -4.51. The first-order chi connectivity index (χ1) is 16.6. The van der Waals surface area contributed by atoms with Crippen molar-refractivity contribution in [3.05, 3.63) is 59.2 Å². The van der Waals surface area contributed by atoms with E-state index in [0.717, 1.165) is 17.7 Å². The summed E-state index contributed by atoms with van der Waals surface area (Å²) < 4.78 is 45.3. The number of ether oxygens (including phenoxy) is 1. The Bertz CT molecular complexity index is 1250. The lowest BCUT2D eigenvalue weighted by Crippen LogP contribution is -2.46. The van der Waals surface area contributed by atoms with Crippen LogP contribution in [0.3, 0.4) is 0 Å². The highest BCUT2D eigenvalue weighted by Crippen LogP contribution is 2.43. The third kappa shape index (κ3) is 5.81. The van der Waals surface area contributed by atoms with Crippen molar-refractivity contribution in [1.29, 1.82) is 0 Å². The van der Waals surface area contributed by atoms with Crippen LogP contribution in [0.5, 0.6) is 5.75 Å². The normalized spacial score (nSPS) is 18.2. The van der Waals surface area contributed by atoms with Gasteiger partial charge in [0.2, 0.25) is 5.91 Å². The Hall–Kier alpha value is -3.53. The van der Waals surface area contributed by atoms with Crippen molar-refractivity contribution in [3.8, 4) is 5.75 Å². The van der Waals surface area contributed by atoms with E-state index in [4.69, 9.17) is 4.74 Å². The molecule has 2 aliphatic rings. The van der Waals surface area contributed by atoms with Crippen molar-refractivity contribution in [2.24, 2.45) is 0 Å². The van der Waals surface area contributed by atoms with E-state index in [0.29, 0.717) is 35.5 Å². The number of carbonyl (C=O) groups excluding carboxylic acids is 2. The summed E-state index contributed by atoms with van der Waals surface area (Å²) in [5.74, 6) is -0.383. The maximum atomic E-state index is 13.2. The van der Waals surface area contributed by atoms with Gasteiger partial charge in [0.15, 0.2) is 0 Å². The smallest absolute Gasteiger partial charge is 0.416 e. The number of rotatable bonds is 4. The number of nitrogens with one attached hydrogen (secondary N) is 2. The lowest BCUT2D eigenvalue weighted by molar-refractivity contribution is -0.137. The highest BCUT2D eigenvalue weighted by Gasteiger charge is 2.35. The number of nitrogens with zero attached hydrogens (tertiary/aromatic N) is 1. The minimum Gasteiger partial charge on any atom is -0.487 e. The molecular formula is C26H28F3N3O4. The van der Waals surface area contributed by atoms with Gasteiger partial charge in [0, 0.05) is 36.0 Å². The van der Waals surface area contributed by atoms with Gasteiger partial charge in [-0.1, -0.05) is 12.1 Å². The molecule has 0 radical (unpaired) electrons. The van der Waals surface area contributed by atoms with E-state index < -0.39 is 28.8 Å². The second-order valence-corrected chi connectivity index (χ2v) is 10.4. The number of halogens is 3. The molecule has 0 saturated heterocycles. The molecule has 0 saturated carbocycles. The highest BCUT2D eigenvalue weighted by molar-refractivity contribution is 6.05. The van der Waals surface area contributed by atoms with Gasteiger partial charge in [0.1, 0.15) is 11.4 Å². The van der Waals surface area contributed by atoms with Crippen LogP contribution in [0.2, 0.25) is 0 Å². The van der Waals surface area contributed by atoms with Crippen LogP contribution in [-0.2, 0) is 17.5 Å². The van der Waals surface area contributed by atoms with Gasteiger partial charge in [-0.05, 0) is 63.1 Å². The van der Waals surface area contributed by atoms with Gasteiger partial charge in [-0.25, -0.2) is 4.79 Å². The molecule has 0 bridgehead atoms. The molecule has 0 spiro atoms. The van der Waals surface area contributed by atoms with Crippen LogP contribution in [0.4, 0.5) is 29.3 Å². The molecule has 2 aliphatic heterocycles. The number of benzene rings is 2. The van der Waals surface area contributed by atoms with Gasteiger partial charge >= 0.3 is 12.2 Å². The van der Waals surface area contributed by atoms with Crippen LogP contribution < -0.4 is 15.4 Å². The molecule has 3 amide bonds. The van der Waals surface area contributed by atoms with Crippen molar-refractivity contribution >= 4 is 28.9 Å². The fourth-order valence-corrected chi connectivity index (χ4v) is 4.38. The predicted octanol–water partition coefficient (Wildman–Crippen LogP) is 5.41. The molecule has 192 valence electrons. The molecular weight excluding hydrogens is 475 g/mol. The summed E-state index contributed by atoms with van der Waals surface area (Å²) in [6.07, 6.45) is -2.82. The van der Waals surface area contributed by atoms with Crippen LogP contribution in [0.15, 0.2) is 42.5 Å². The van der Waals surface area contributed by atoms with Crippen LogP contribution in [0.25, 0.3) is 5.57 Å². The van der Waals surface area contributed by atoms with Gasteiger partial charge < -0.3 is 25.4 Å². The number of alkyl halides is 3. The van der Waals surface area contributed by atoms with Crippen LogP contribution in [-0.4, -0.2) is 39.7 Å². The molecule has 7 nitrogen and oxygen atoms in total. The van der Waals surface area contributed by atoms with Crippen molar-refractivity contribution in [2.45, 2.75) is 58.0 Å². The first kappa shape index (κ1) is 25.6. The average molecular weight is 504 g/mol. The molecule has 0 atom stereocenters. The summed E-state index contributed by atoms with van der Waals surface area (Å²) in [5, 5.41) is 15.5.